The van der Waals surface area contributed by atoms with E-state index in [4.69, 9.17) is 51.6 Å². The standard InChI is InChI=1S/C86H148N24O19/c1-49(2)42-63(78(122)100-59(27-15-19-39-90)76(120)110-69(48-111)83(127)107-64(43-50(3)4)79(123)102-61(29-21-41-97-86(94)95)73(117)99-58(26-14-18-38-89)75(119)109-68(84(128)129)47-54-30-32-55(112)33-31-54)106-80(124)65(44-51(5)6)105-77(121)62(34-35-70(113)114)103-72(116)57(25-13-17-37-88)101-82(126)67(46-53-22-10-9-11-23-53)108-81(125)66(45-52(7)8)104-74(118)60(28-20-40-96-85(92)93)98-71(115)56(91)24-12-16-36-87/h9-11,22-23,30-33,49-52,56-69,111-112H,12-21,24-29,34-48,87-91H2,1-8H3,(H,98,115)(H,99,117)(H,100,122)(H,101,126)(H,102,123)(H,103,116)(H,104,118)(H,105,121)(H,106,124)(H,107,127)(H,108,125)(H,109,119)(H,110,120)(H,113,114)(H,128,129)(H4,92,93,96)(H4,94,95,97)/t56-,57-,58-,59-,60-,61-,62-,63-,64-,65-,66-,67-,68-,69-/m0/s1. The summed E-state index contributed by atoms with van der Waals surface area (Å²) < 4.78 is 0. The van der Waals surface area contributed by atoms with Crippen molar-refractivity contribution in [1.29, 1.82) is 0 Å². The molecule has 0 aliphatic heterocycles. The second kappa shape index (κ2) is 62.7. The summed E-state index contributed by atoms with van der Waals surface area (Å²) in [5.41, 5.74) is 52.6. The summed E-state index contributed by atoms with van der Waals surface area (Å²) in [6, 6.07) is -6.03. The van der Waals surface area contributed by atoms with Crippen LogP contribution in [0.1, 0.15) is 208 Å². The molecule has 726 valence electrons. The average molecular weight is 1820 g/mol. The fourth-order valence-electron chi connectivity index (χ4n) is 13.7. The summed E-state index contributed by atoms with van der Waals surface area (Å²) in [7, 11) is 0. The first-order valence-corrected chi connectivity index (χ1v) is 44.6. The van der Waals surface area contributed by atoms with Gasteiger partial charge < -0.3 is 141 Å². The molecule has 0 saturated heterocycles. The molecule has 0 radical (unpaired) electrons. The Balaban J connectivity index is 2.58. The number of phenolic OH excluding ortho intramolecular Hbond substituents is 1. The van der Waals surface area contributed by atoms with E-state index in [-0.39, 0.29) is 177 Å². The van der Waals surface area contributed by atoms with Gasteiger partial charge in [-0.2, -0.15) is 0 Å². The first kappa shape index (κ1) is 114. The van der Waals surface area contributed by atoms with Crippen molar-refractivity contribution < 1.29 is 92.3 Å². The van der Waals surface area contributed by atoms with E-state index < -0.39 is 193 Å². The zero-order chi connectivity index (χ0) is 96.8. The summed E-state index contributed by atoms with van der Waals surface area (Å²) in [4.78, 5) is 221. The monoisotopic (exact) mass is 1820 g/mol. The average Bonchev–Trinajstić information content (AvgIpc) is 0.850. The molecular formula is C86H148N24O19. The number of unbranched alkanes of at least 4 members (excludes halogenated alkanes) is 4. The molecule has 129 heavy (non-hydrogen) atoms. The zero-order valence-corrected chi connectivity index (χ0v) is 76.0. The molecule has 0 aromatic heterocycles. The van der Waals surface area contributed by atoms with Crippen molar-refractivity contribution in [2.24, 2.45) is 85.3 Å². The summed E-state index contributed by atoms with van der Waals surface area (Å²) in [5.74, 6) is -16.3. The number of aliphatic imine (C=N–C) groups is 2. The number of carboxylic acids is 2. The van der Waals surface area contributed by atoms with Crippen molar-refractivity contribution >= 4 is 101 Å². The van der Waals surface area contributed by atoms with Gasteiger partial charge in [0, 0.05) is 32.4 Å². The second-order valence-electron chi connectivity index (χ2n) is 34.0. The van der Waals surface area contributed by atoms with E-state index in [1.54, 1.807) is 85.7 Å². The maximum Gasteiger partial charge on any atom is 0.326 e. The van der Waals surface area contributed by atoms with Crippen LogP contribution < -0.4 is 121 Å². The smallest absolute Gasteiger partial charge is 0.326 e. The lowest BCUT2D eigenvalue weighted by molar-refractivity contribution is -0.142. The van der Waals surface area contributed by atoms with Gasteiger partial charge in [0.15, 0.2) is 11.9 Å². The number of phenols is 1. The number of amides is 13. The maximum absolute atomic E-state index is 14.9. The number of nitrogens with zero attached hydrogens (tertiary/aromatic N) is 2. The van der Waals surface area contributed by atoms with Crippen molar-refractivity contribution in [3.63, 3.8) is 0 Å². The number of hydrogen-bond donors (Lipinski definition) is 26. The molecule has 43 nitrogen and oxygen atoms in total. The number of aliphatic carboxylic acids is 2. The number of nitrogens with two attached hydrogens (primary N) is 9. The first-order chi connectivity index (χ1) is 61.1. The van der Waals surface area contributed by atoms with E-state index in [9.17, 15) is 92.3 Å². The van der Waals surface area contributed by atoms with Crippen LogP contribution in [-0.4, -0.2) is 252 Å². The van der Waals surface area contributed by atoms with E-state index in [2.05, 4.69) is 79.1 Å². The highest BCUT2D eigenvalue weighted by Crippen LogP contribution is 2.19. The van der Waals surface area contributed by atoms with Crippen LogP contribution in [0.15, 0.2) is 64.6 Å². The Bertz CT molecular complexity index is 3890. The van der Waals surface area contributed by atoms with Gasteiger partial charge in [-0.15, -0.1) is 0 Å². The van der Waals surface area contributed by atoms with Gasteiger partial charge in [0.2, 0.25) is 76.8 Å². The third-order valence-corrected chi connectivity index (χ3v) is 20.6. The Morgan fingerprint density at radius 2 is 0.566 bits per heavy atom. The quantitative estimate of drug-likeness (QED) is 0.0174. The molecule has 0 aliphatic carbocycles. The SMILES string of the molecule is CC(C)C[C@H](NC(=O)[C@H](CO)NC(=O)[C@H](CCCCN)NC(=O)[C@H](CC(C)C)NC(=O)[C@H](CC(C)C)NC(=O)[C@H](CCC(=O)O)NC(=O)[C@H](CCCCN)NC(=O)[C@H](Cc1ccccc1)NC(=O)[C@H](CC(C)C)NC(=O)[C@H](CCCN=C(N)N)NC(=O)[C@@H](N)CCCCN)C(=O)N[C@@H](CCCN=C(N)N)C(=O)N[C@@H](CCCCN)C(=O)N[C@@H](Cc1ccc(O)cc1)C(=O)O. The fourth-order valence-corrected chi connectivity index (χ4v) is 13.7. The summed E-state index contributed by atoms with van der Waals surface area (Å²) in [6.45, 7) is 13.9. The molecule has 43 heteroatoms. The van der Waals surface area contributed by atoms with Crippen molar-refractivity contribution in [2.75, 3.05) is 45.9 Å². The third kappa shape index (κ3) is 47.5. The summed E-state index contributed by atoms with van der Waals surface area (Å²) in [6.07, 6.45) is 1.36. The highest BCUT2D eigenvalue weighted by atomic mass is 16.4. The fraction of sp³-hybridized carbons (Fsp3) is 0.663. The predicted octanol–water partition coefficient (Wildman–Crippen LogP) is -3.44. The van der Waals surface area contributed by atoms with Crippen LogP contribution in [0.3, 0.4) is 0 Å². The number of benzene rings is 2. The van der Waals surface area contributed by atoms with Crippen LogP contribution in [0.4, 0.5) is 0 Å². The summed E-state index contributed by atoms with van der Waals surface area (Å²) >= 11 is 0. The van der Waals surface area contributed by atoms with Crippen LogP contribution in [0.25, 0.3) is 0 Å². The molecule has 0 spiro atoms. The van der Waals surface area contributed by atoms with Crippen LogP contribution in [0, 0.1) is 23.7 Å². The molecule has 35 N–H and O–H groups in total. The highest BCUT2D eigenvalue weighted by Gasteiger charge is 2.39. The molecule has 2 aromatic carbocycles. The van der Waals surface area contributed by atoms with Gasteiger partial charge in [0.05, 0.1) is 12.6 Å². The molecule has 0 heterocycles. The topological polar surface area (TPSA) is 752 Å². The Labute approximate surface area is 755 Å². The second-order valence-corrected chi connectivity index (χ2v) is 34.0. The number of hydrogen-bond acceptors (Lipinski definition) is 24. The lowest BCUT2D eigenvalue weighted by atomic mass is 9.99. The van der Waals surface area contributed by atoms with E-state index in [0.29, 0.717) is 56.2 Å². The van der Waals surface area contributed by atoms with Crippen LogP contribution in [-0.2, 0) is 84.8 Å². The van der Waals surface area contributed by atoms with Crippen LogP contribution >= 0.6 is 0 Å². The lowest BCUT2D eigenvalue weighted by Crippen LogP contribution is -2.61. The Morgan fingerprint density at radius 3 is 0.876 bits per heavy atom. The molecule has 0 saturated carbocycles. The number of carboxylic acid groups (broad SMARTS) is 2. The Hall–Kier alpha value is -11.4. The van der Waals surface area contributed by atoms with E-state index in [0.717, 1.165) is 0 Å². The van der Waals surface area contributed by atoms with Crippen molar-refractivity contribution in [3.8, 4) is 5.75 Å². The predicted molar refractivity (Wildman–Crippen MR) is 486 cm³/mol. The molecule has 2 aromatic rings. The van der Waals surface area contributed by atoms with Crippen molar-refractivity contribution in [2.45, 2.75) is 294 Å². The number of aliphatic hydroxyl groups excluding tert-OH is 1. The highest BCUT2D eigenvalue weighted by molar-refractivity contribution is 6.00. The van der Waals surface area contributed by atoms with Gasteiger partial charge in [-0.05, 0) is 202 Å². The molecule has 13 amide bonds. The van der Waals surface area contributed by atoms with Gasteiger partial charge >= 0.3 is 11.9 Å². The molecule has 0 unspecified atom stereocenters. The van der Waals surface area contributed by atoms with Gasteiger partial charge in [-0.3, -0.25) is 77.1 Å². The van der Waals surface area contributed by atoms with Gasteiger partial charge in [-0.1, -0.05) is 104 Å². The van der Waals surface area contributed by atoms with E-state index in [1.807, 2.05) is 0 Å². The third-order valence-electron chi connectivity index (χ3n) is 20.6. The van der Waals surface area contributed by atoms with Gasteiger partial charge in [-0.25, -0.2) is 4.79 Å². The molecule has 2 rings (SSSR count). The largest absolute Gasteiger partial charge is 0.508 e. The number of aliphatic hydroxyl groups is 1. The number of carbonyl (C=O) groups excluding carboxylic acids is 13. The molecule has 0 fully saturated rings. The number of nitrogens with one attached hydrogen (secondary N) is 13. The number of aromatic hydroxyl groups is 1. The Morgan fingerprint density at radius 1 is 0.310 bits per heavy atom. The van der Waals surface area contributed by atoms with Crippen molar-refractivity contribution in [3.05, 3.63) is 65.7 Å². The van der Waals surface area contributed by atoms with Crippen molar-refractivity contribution in [1.82, 2.24) is 69.1 Å². The minimum Gasteiger partial charge on any atom is -0.508 e. The van der Waals surface area contributed by atoms with Gasteiger partial charge in [0.25, 0.3) is 0 Å². The molecule has 14 atom stereocenters. The molecular weight excluding hydrogens is 1670 g/mol. The first-order valence-electron chi connectivity index (χ1n) is 44.6. The summed E-state index contributed by atoms with van der Waals surface area (Å²) in [5, 5.41) is 75.0. The number of rotatable bonds is 67. The van der Waals surface area contributed by atoms with Gasteiger partial charge in [0.1, 0.15) is 84.3 Å². The maximum atomic E-state index is 14.9. The van der Waals surface area contributed by atoms with Crippen LogP contribution in [0.2, 0.25) is 0 Å². The minimum atomic E-state index is -1.80. The normalized spacial score (nSPS) is 14.5. The number of carbonyl (C=O) groups is 15. The zero-order valence-electron chi connectivity index (χ0n) is 76.0. The van der Waals surface area contributed by atoms with E-state index >= 15 is 0 Å². The Kier molecular flexibility index (Phi) is 55.3. The lowest BCUT2D eigenvalue weighted by Gasteiger charge is -2.29. The number of guanidine groups is 2. The molecule has 0 aliphatic rings. The molecule has 0 bridgehead atoms. The minimum absolute atomic E-state index is 0.0175. The van der Waals surface area contributed by atoms with E-state index in [1.165, 1.54) is 24.3 Å². The van der Waals surface area contributed by atoms with Crippen LogP contribution in [0.5, 0.6) is 5.75 Å².